The highest BCUT2D eigenvalue weighted by Gasteiger charge is 2.15. The molecule has 5 heteroatoms. The van der Waals surface area contributed by atoms with Gasteiger partial charge in [-0.3, -0.25) is 14.5 Å². The van der Waals surface area contributed by atoms with Crippen molar-refractivity contribution in [2.45, 2.75) is 0 Å². The molecule has 0 spiro atoms. The standard InChI is InChI=1S/C9H8ClNO3/c10-9(14)11(6-8(12)13)7-4-2-1-3-5-7/h1-5H,6H2,(H,12,13). The van der Waals surface area contributed by atoms with Crippen LogP contribution in [0.3, 0.4) is 0 Å². The number of rotatable bonds is 3. The van der Waals surface area contributed by atoms with Gasteiger partial charge in [0.1, 0.15) is 6.54 Å². The van der Waals surface area contributed by atoms with Crippen molar-refractivity contribution < 1.29 is 14.7 Å². The first kappa shape index (κ1) is 10.5. The minimum absolute atomic E-state index is 0.438. The second-order valence-electron chi connectivity index (χ2n) is 2.57. The number of halogens is 1. The van der Waals surface area contributed by atoms with Crippen LogP contribution in [0.1, 0.15) is 0 Å². The number of aliphatic carboxylic acids is 1. The molecule has 14 heavy (non-hydrogen) atoms. The normalized spacial score (nSPS) is 9.50. The number of carboxylic acids is 1. The molecule has 0 radical (unpaired) electrons. The molecule has 1 rings (SSSR count). The Morgan fingerprint density at radius 3 is 2.29 bits per heavy atom. The fourth-order valence-corrected chi connectivity index (χ4v) is 1.16. The average Bonchev–Trinajstić information content (AvgIpc) is 2.15. The Morgan fingerprint density at radius 1 is 1.29 bits per heavy atom. The topological polar surface area (TPSA) is 57.6 Å². The van der Waals surface area contributed by atoms with Crippen molar-refractivity contribution in [1.29, 1.82) is 0 Å². The van der Waals surface area contributed by atoms with E-state index in [4.69, 9.17) is 16.7 Å². The third-order valence-electron chi connectivity index (χ3n) is 1.57. The SMILES string of the molecule is O=C(O)CN(C(=O)Cl)c1ccccc1. The van der Waals surface area contributed by atoms with Crippen LogP contribution < -0.4 is 4.90 Å². The van der Waals surface area contributed by atoms with Gasteiger partial charge in [-0.1, -0.05) is 18.2 Å². The lowest BCUT2D eigenvalue weighted by molar-refractivity contribution is -0.135. The molecule has 0 fully saturated rings. The van der Waals surface area contributed by atoms with Gasteiger partial charge in [-0.15, -0.1) is 0 Å². The molecule has 1 aromatic carbocycles. The van der Waals surface area contributed by atoms with Crippen LogP contribution in [-0.2, 0) is 4.79 Å². The summed E-state index contributed by atoms with van der Waals surface area (Å²) >= 11 is 5.25. The summed E-state index contributed by atoms with van der Waals surface area (Å²) in [4.78, 5) is 22.3. The van der Waals surface area contributed by atoms with Crippen molar-refractivity contribution in [2.75, 3.05) is 11.4 Å². The van der Waals surface area contributed by atoms with Crippen LogP contribution in [0.4, 0.5) is 10.5 Å². The summed E-state index contributed by atoms with van der Waals surface area (Å²) in [5, 5.41) is 7.73. The smallest absolute Gasteiger partial charge is 0.323 e. The lowest BCUT2D eigenvalue weighted by atomic mass is 10.3. The molecule has 0 unspecified atom stereocenters. The van der Waals surface area contributed by atoms with Crippen LogP contribution in [0.15, 0.2) is 30.3 Å². The van der Waals surface area contributed by atoms with Crippen LogP contribution in [0.2, 0.25) is 0 Å². The summed E-state index contributed by atoms with van der Waals surface area (Å²) in [5.74, 6) is -1.11. The van der Waals surface area contributed by atoms with E-state index >= 15 is 0 Å². The van der Waals surface area contributed by atoms with Gasteiger partial charge in [-0.25, -0.2) is 0 Å². The van der Waals surface area contributed by atoms with Gasteiger partial charge >= 0.3 is 11.3 Å². The van der Waals surface area contributed by atoms with Crippen LogP contribution in [0.25, 0.3) is 0 Å². The summed E-state index contributed by atoms with van der Waals surface area (Å²) in [5.41, 5.74) is 0.468. The second kappa shape index (κ2) is 4.62. The van der Waals surface area contributed by atoms with Crippen molar-refractivity contribution in [3.63, 3.8) is 0 Å². The highest BCUT2D eigenvalue weighted by Crippen LogP contribution is 2.14. The fourth-order valence-electron chi connectivity index (χ4n) is 0.998. The van der Waals surface area contributed by atoms with E-state index in [1.165, 1.54) is 0 Å². The number of carbonyl (C=O) groups is 2. The monoisotopic (exact) mass is 213 g/mol. The molecule has 74 valence electrons. The Morgan fingerprint density at radius 2 is 1.86 bits per heavy atom. The zero-order valence-electron chi connectivity index (χ0n) is 7.18. The number of carbonyl (C=O) groups excluding carboxylic acids is 1. The molecule has 0 saturated heterocycles. The molecular formula is C9H8ClNO3. The highest BCUT2D eigenvalue weighted by atomic mass is 35.5. The first-order chi connectivity index (χ1) is 6.61. The number of nitrogens with zero attached hydrogens (tertiary/aromatic N) is 1. The minimum Gasteiger partial charge on any atom is -0.480 e. The molecule has 1 amide bonds. The molecule has 0 atom stereocenters. The Bertz CT molecular complexity index is 339. The molecule has 1 N–H and O–H groups in total. The molecule has 0 aliphatic heterocycles. The summed E-state index contributed by atoms with van der Waals surface area (Å²) in [6, 6.07) is 8.39. The van der Waals surface area contributed by atoms with E-state index in [2.05, 4.69) is 0 Å². The number of hydrogen-bond acceptors (Lipinski definition) is 2. The van der Waals surface area contributed by atoms with E-state index in [0.717, 1.165) is 4.90 Å². The molecule has 0 aliphatic carbocycles. The number of anilines is 1. The largest absolute Gasteiger partial charge is 0.480 e. The summed E-state index contributed by atoms with van der Waals surface area (Å²) in [6.07, 6.45) is 0. The first-order valence-corrected chi connectivity index (χ1v) is 4.23. The Hall–Kier alpha value is -1.55. The maximum Gasteiger partial charge on any atom is 0.323 e. The van der Waals surface area contributed by atoms with Crippen molar-refractivity contribution >= 4 is 28.6 Å². The first-order valence-electron chi connectivity index (χ1n) is 3.85. The van der Waals surface area contributed by atoms with Crippen LogP contribution in [-0.4, -0.2) is 23.0 Å². The van der Waals surface area contributed by atoms with Gasteiger partial charge in [0.2, 0.25) is 0 Å². The van der Waals surface area contributed by atoms with Crippen molar-refractivity contribution in [3.05, 3.63) is 30.3 Å². The summed E-state index contributed by atoms with van der Waals surface area (Å²) < 4.78 is 0. The van der Waals surface area contributed by atoms with Gasteiger partial charge in [-0.2, -0.15) is 0 Å². The zero-order valence-corrected chi connectivity index (χ0v) is 7.94. The predicted octanol–water partition coefficient (Wildman–Crippen LogP) is 1.94. The molecule has 4 nitrogen and oxygen atoms in total. The van der Waals surface area contributed by atoms with Gasteiger partial charge in [-0.05, 0) is 23.7 Å². The third kappa shape index (κ3) is 2.74. The summed E-state index contributed by atoms with van der Waals surface area (Å²) in [6.45, 7) is -0.438. The summed E-state index contributed by atoms with van der Waals surface area (Å²) in [7, 11) is 0. The second-order valence-corrected chi connectivity index (χ2v) is 2.89. The Kier molecular flexibility index (Phi) is 3.48. The van der Waals surface area contributed by atoms with E-state index < -0.39 is 17.9 Å². The Balaban J connectivity index is 2.89. The highest BCUT2D eigenvalue weighted by molar-refractivity contribution is 6.66. The number of benzene rings is 1. The Labute approximate surface area is 85.7 Å². The van der Waals surface area contributed by atoms with Gasteiger partial charge in [0.05, 0.1) is 0 Å². The maximum absolute atomic E-state index is 10.9. The molecule has 0 aliphatic rings. The number of carboxylic acid groups (broad SMARTS) is 1. The molecule has 0 saturated carbocycles. The lowest BCUT2D eigenvalue weighted by Gasteiger charge is -2.16. The predicted molar refractivity (Wildman–Crippen MR) is 52.7 cm³/mol. The molecule has 0 bridgehead atoms. The van der Waals surface area contributed by atoms with E-state index in [9.17, 15) is 9.59 Å². The van der Waals surface area contributed by atoms with Crippen molar-refractivity contribution in [1.82, 2.24) is 0 Å². The van der Waals surface area contributed by atoms with Crippen molar-refractivity contribution in [3.8, 4) is 0 Å². The lowest BCUT2D eigenvalue weighted by Crippen LogP contribution is -2.31. The van der Waals surface area contributed by atoms with E-state index in [-0.39, 0.29) is 0 Å². The van der Waals surface area contributed by atoms with Gasteiger partial charge in [0, 0.05) is 5.69 Å². The molecule has 0 heterocycles. The quantitative estimate of drug-likeness (QED) is 0.617. The van der Waals surface area contributed by atoms with Crippen molar-refractivity contribution in [2.24, 2.45) is 0 Å². The number of hydrogen-bond donors (Lipinski definition) is 1. The van der Waals surface area contributed by atoms with E-state index in [1.807, 2.05) is 0 Å². The van der Waals surface area contributed by atoms with Gasteiger partial charge in [0.25, 0.3) is 0 Å². The molecular weight excluding hydrogens is 206 g/mol. The fraction of sp³-hybridized carbons (Fsp3) is 0.111. The number of para-hydroxylation sites is 1. The maximum atomic E-state index is 10.9. The van der Waals surface area contributed by atoms with E-state index in [1.54, 1.807) is 30.3 Å². The van der Waals surface area contributed by atoms with Gasteiger partial charge in [0.15, 0.2) is 0 Å². The van der Waals surface area contributed by atoms with Crippen LogP contribution >= 0.6 is 11.6 Å². The average molecular weight is 214 g/mol. The zero-order chi connectivity index (χ0) is 10.6. The third-order valence-corrected chi connectivity index (χ3v) is 1.78. The minimum atomic E-state index is -1.11. The molecule has 0 aromatic heterocycles. The van der Waals surface area contributed by atoms with E-state index in [0.29, 0.717) is 5.69 Å². The van der Waals surface area contributed by atoms with Crippen LogP contribution in [0, 0.1) is 0 Å². The van der Waals surface area contributed by atoms with Gasteiger partial charge < -0.3 is 5.11 Å². The number of amides is 1. The van der Waals surface area contributed by atoms with Crippen LogP contribution in [0.5, 0.6) is 0 Å². The molecule has 1 aromatic rings.